The molecule has 0 fully saturated rings. The molecular weight excluding hydrogens is 246 g/mol. The Bertz CT molecular complexity index is 576. The van der Waals surface area contributed by atoms with Crippen LogP contribution in [-0.4, -0.2) is 44.0 Å². The molecule has 0 unspecified atom stereocenters. The van der Waals surface area contributed by atoms with Gasteiger partial charge in [-0.05, 0) is 11.6 Å². The lowest BCUT2D eigenvalue weighted by atomic mass is 10.0. The number of guanidine groups is 1. The lowest BCUT2D eigenvalue weighted by Gasteiger charge is -2.23. The Hall–Kier alpha value is -2.29. The monoisotopic (exact) mass is 267 g/mol. The molecule has 0 radical (unpaired) electrons. The van der Waals surface area contributed by atoms with E-state index in [1.54, 1.807) is 0 Å². The average molecular weight is 267 g/mol. The van der Waals surface area contributed by atoms with E-state index >= 15 is 0 Å². The van der Waals surface area contributed by atoms with Gasteiger partial charge in [-0.2, -0.15) is 0 Å². The van der Waals surface area contributed by atoms with Crippen LogP contribution in [0.1, 0.15) is 0 Å². The molecule has 104 valence electrons. The number of benzene rings is 2. The molecule has 2 rings (SSSR count). The van der Waals surface area contributed by atoms with Crippen molar-refractivity contribution in [2.45, 2.75) is 0 Å². The maximum atomic E-state index is 4.80. The minimum Gasteiger partial charge on any atom is -0.349 e. The predicted molar refractivity (Wildman–Crippen MR) is 86.3 cm³/mol. The fourth-order valence-electron chi connectivity index (χ4n) is 2.14. The predicted octanol–water partition coefficient (Wildman–Crippen LogP) is 3.46. The molecule has 0 amide bonds. The smallest absolute Gasteiger partial charge is 0.200 e. The summed E-state index contributed by atoms with van der Waals surface area (Å²) in [6, 6.07) is 18.6. The van der Waals surface area contributed by atoms with Crippen molar-refractivity contribution in [2.24, 2.45) is 4.99 Å². The van der Waals surface area contributed by atoms with Crippen molar-refractivity contribution in [1.82, 2.24) is 9.80 Å². The van der Waals surface area contributed by atoms with Gasteiger partial charge in [0.25, 0.3) is 0 Å². The summed E-state index contributed by atoms with van der Waals surface area (Å²) in [6.07, 6.45) is 0. The summed E-state index contributed by atoms with van der Waals surface area (Å²) in [4.78, 5) is 8.83. The number of para-hydroxylation sites is 1. The number of hydrogen-bond acceptors (Lipinski definition) is 1. The average Bonchev–Trinajstić information content (AvgIpc) is 2.45. The van der Waals surface area contributed by atoms with Crippen molar-refractivity contribution in [3.8, 4) is 11.1 Å². The Labute approximate surface area is 121 Å². The van der Waals surface area contributed by atoms with E-state index in [4.69, 9.17) is 4.99 Å². The van der Waals surface area contributed by atoms with Gasteiger partial charge >= 0.3 is 0 Å². The molecule has 0 saturated heterocycles. The molecule has 0 aliphatic heterocycles. The third kappa shape index (κ3) is 3.18. The fourth-order valence-corrected chi connectivity index (χ4v) is 2.14. The molecule has 0 atom stereocenters. The molecule has 0 bridgehead atoms. The Balaban J connectivity index is 2.51. The van der Waals surface area contributed by atoms with Crippen molar-refractivity contribution in [2.75, 3.05) is 28.2 Å². The molecule has 3 heteroatoms. The fraction of sp³-hybridized carbons (Fsp3) is 0.235. The van der Waals surface area contributed by atoms with Crippen molar-refractivity contribution in [1.29, 1.82) is 0 Å². The maximum Gasteiger partial charge on any atom is 0.200 e. The van der Waals surface area contributed by atoms with E-state index in [9.17, 15) is 0 Å². The summed E-state index contributed by atoms with van der Waals surface area (Å²) in [7, 11) is 8.02. The second kappa shape index (κ2) is 6.24. The lowest BCUT2D eigenvalue weighted by Crippen LogP contribution is -2.35. The highest BCUT2D eigenvalue weighted by molar-refractivity contribution is 5.86. The Morgan fingerprint density at radius 1 is 0.750 bits per heavy atom. The van der Waals surface area contributed by atoms with Gasteiger partial charge in [-0.15, -0.1) is 0 Å². The van der Waals surface area contributed by atoms with Gasteiger partial charge in [0.15, 0.2) is 0 Å². The van der Waals surface area contributed by atoms with Crippen LogP contribution in [0.25, 0.3) is 11.1 Å². The van der Waals surface area contributed by atoms with E-state index in [1.807, 2.05) is 56.2 Å². The van der Waals surface area contributed by atoms with Gasteiger partial charge in [0.1, 0.15) is 0 Å². The first-order valence-corrected chi connectivity index (χ1v) is 6.67. The first-order chi connectivity index (χ1) is 9.59. The van der Waals surface area contributed by atoms with Gasteiger partial charge in [0, 0.05) is 33.8 Å². The number of rotatable bonds is 2. The molecule has 2 aromatic rings. The Kier molecular flexibility index (Phi) is 4.41. The van der Waals surface area contributed by atoms with Gasteiger partial charge in [-0.25, -0.2) is 4.99 Å². The van der Waals surface area contributed by atoms with E-state index < -0.39 is 0 Å². The molecule has 0 spiro atoms. The van der Waals surface area contributed by atoms with Crippen molar-refractivity contribution < 1.29 is 0 Å². The topological polar surface area (TPSA) is 18.8 Å². The number of nitrogens with zero attached hydrogens (tertiary/aromatic N) is 3. The van der Waals surface area contributed by atoms with Crippen LogP contribution in [0.4, 0.5) is 5.69 Å². The molecule has 0 heterocycles. The zero-order chi connectivity index (χ0) is 14.5. The maximum absolute atomic E-state index is 4.80. The van der Waals surface area contributed by atoms with Gasteiger partial charge < -0.3 is 9.80 Å². The number of hydrogen-bond donors (Lipinski definition) is 0. The molecule has 3 nitrogen and oxygen atoms in total. The summed E-state index contributed by atoms with van der Waals surface area (Å²) >= 11 is 0. The third-order valence-corrected chi connectivity index (χ3v) is 3.01. The van der Waals surface area contributed by atoms with E-state index in [2.05, 4.69) is 36.4 Å². The molecule has 2 aromatic carbocycles. The largest absolute Gasteiger partial charge is 0.349 e. The summed E-state index contributed by atoms with van der Waals surface area (Å²) in [5, 5.41) is 0. The molecule has 0 saturated carbocycles. The van der Waals surface area contributed by atoms with E-state index in [1.165, 1.54) is 5.56 Å². The normalized spacial score (nSPS) is 10.0. The second-order valence-electron chi connectivity index (χ2n) is 5.08. The minimum atomic E-state index is 0.924. The first-order valence-electron chi connectivity index (χ1n) is 6.67. The summed E-state index contributed by atoms with van der Waals surface area (Å²) in [5.41, 5.74) is 3.31. The van der Waals surface area contributed by atoms with E-state index in [0.717, 1.165) is 17.2 Å². The van der Waals surface area contributed by atoms with Crippen molar-refractivity contribution in [3.63, 3.8) is 0 Å². The van der Waals surface area contributed by atoms with Gasteiger partial charge in [0.05, 0.1) is 5.69 Å². The van der Waals surface area contributed by atoms with Crippen LogP contribution in [0.2, 0.25) is 0 Å². The SMILES string of the molecule is CN(C)C(=Nc1ccccc1-c1ccccc1)N(C)C. The van der Waals surface area contributed by atoms with Crippen LogP contribution in [0.5, 0.6) is 0 Å². The molecule has 0 aliphatic rings. The highest BCUT2D eigenvalue weighted by Gasteiger charge is 2.08. The summed E-state index contributed by atoms with van der Waals surface area (Å²) in [6.45, 7) is 0. The van der Waals surface area contributed by atoms with Crippen LogP contribution in [0.3, 0.4) is 0 Å². The van der Waals surface area contributed by atoms with Gasteiger partial charge in [-0.3, -0.25) is 0 Å². The number of aliphatic imine (C=N–C) groups is 1. The molecule has 0 aliphatic carbocycles. The van der Waals surface area contributed by atoms with E-state index in [-0.39, 0.29) is 0 Å². The van der Waals surface area contributed by atoms with Gasteiger partial charge in [-0.1, -0.05) is 48.5 Å². The highest BCUT2D eigenvalue weighted by atomic mass is 15.3. The van der Waals surface area contributed by atoms with Crippen molar-refractivity contribution >= 4 is 11.6 Å². The Morgan fingerprint density at radius 2 is 1.30 bits per heavy atom. The molecule has 20 heavy (non-hydrogen) atoms. The van der Waals surface area contributed by atoms with Crippen LogP contribution in [0, 0.1) is 0 Å². The van der Waals surface area contributed by atoms with Gasteiger partial charge in [0.2, 0.25) is 5.96 Å². The second-order valence-corrected chi connectivity index (χ2v) is 5.08. The van der Waals surface area contributed by atoms with Crippen LogP contribution >= 0.6 is 0 Å². The quantitative estimate of drug-likeness (QED) is 0.613. The standard InChI is InChI=1S/C17H21N3/c1-19(2)17(20(3)4)18-16-13-9-8-12-15(16)14-10-6-5-7-11-14/h5-13H,1-4H3. The van der Waals surface area contributed by atoms with Crippen LogP contribution in [0.15, 0.2) is 59.6 Å². The lowest BCUT2D eigenvalue weighted by molar-refractivity contribution is 0.484. The first kappa shape index (κ1) is 14.1. The van der Waals surface area contributed by atoms with Crippen LogP contribution in [-0.2, 0) is 0 Å². The Morgan fingerprint density at radius 3 is 1.90 bits per heavy atom. The zero-order valence-corrected chi connectivity index (χ0v) is 12.5. The summed E-state index contributed by atoms with van der Waals surface area (Å²) < 4.78 is 0. The van der Waals surface area contributed by atoms with E-state index in [0.29, 0.717) is 0 Å². The molecular formula is C17H21N3. The molecule has 0 aromatic heterocycles. The third-order valence-electron chi connectivity index (χ3n) is 3.01. The van der Waals surface area contributed by atoms with Crippen molar-refractivity contribution in [3.05, 3.63) is 54.6 Å². The molecule has 0 N–H and O–H groups in total. The highest BCUT2D eigenvalue weighted by Crippen LogP contribution is 2.30. The minimum absolute atomic E-state index is 0.924. The van der Waals surface area contributed by atoms with Crippen LogP contribution < -0.4 is 0 Å². The summed E-state index contributed by atoms with van der Waals surface area (Å²) in [5.74, 6) is 0.924. The zero-order valence-electron chi connectivity index (χ0n) is 12.5.